The van der Waals surface area contributed by atoms with Crippen LogP contribution in [0.2, 0.25) is 0 Å². The van der Waals surface area contributed by atoms with Gasteiger partial charge >= 0.3 is 0 Å². The third kappa shape index (κ3) is 4.08. The summed E-state index contributed by atoms with van der Waals surface area (Å²) in [6.45, 7) is 2.47. The maximum atomic E-state index is 12.1. The minimum atomic E-state index is -0.389. The van der Waals surface area contributed by atoms with Gasteiger partial charge in [0, 0.05) is 11.8 Å². The summed E-state index contributed by atoms with van der Waals surface area (Å²) in [5.41, 5.74) is 4.84. The molecule has 0 radical (unpaired) electrons. The number of benzene rings is 1. The van der Waals surface area contributed by atoms with Crippen LogP contribution < -0.4 is 10.2 Å². The topological polar surface area (TPSA) is 92.3 Å². The van der Waals surface area contributed by atoms with E-state index in [2.05, 4.69) is 25.7 Å². The van der Waals surface area contributed by atoms with Crippen molar-refractivity contribution in [1.82, 2.24) is 20.6 Å². The molecule has 1 amide bonds. The molecule has 25 heavy (non-hydrogen) atoms. The van der Waals surface area contributed by atoms with Crippen molar-refractivity contribution in [2.45, 2.75) is 6.92 Å². The molecule has 0 unspecified atom stereocenters. The number of aromatic nitrogens is 3. The summed E-state index contributed by atoms with van der Waals surface area (Å²) in [5, 5.41) is 10.8. The van der Waals surface area contributed by atoms with Gasteiger partial charge in [0.25, 0.3) is 5.91 Å². The molecular formula is C18H17N5O2. The Kier molecular flexibility index (Phi) is 5.16. The van der Waals surface area contributed by atoms with Gasteiger partial charge in [-0.1, -0.05) is 18.2 Å². The fourth-order valence-electron chi connectivity index (χ4n) is 2.21. The molecule has 0 aliphatic heterocycles. The normalized spacial score (nSPS) is 10.8. The zero-order chi connectivity index (χ0) is 17.5. The van der Waals surface area contributed by atoms with Crippen LogP contribution in [0.25, 0.3) is 11.3 Å². The Balaban J connectivity index is 1.71. The number of hydrogen-bond acceptors (Lipinski definition) is 5. The van der Waals surface area contributed by atoms with Crippen molar-refractivity contribution in [1.29, 1.82) is 0 Å². The Bertz CT molecular complexity index is 874. The van der Waals surface area contributed by atoms with Gasteiger partial charge in [-0.05, 0) is 37.3 Å². The van der Waals surface area contributed by atoms with Crippen LogP contribution in [0.1, 0.15) is 23.1 Å². The van der Waals surface area contributed by atoms with E-state index in [9.17, 15) is 4.79 Å². The first-order valence-electron chi connectivity index (χ1n) is 7.80. The SMILES string of the molecule is CCOc1ccccc1-c1cc(C(=O)N/N=C/c2ccccn2)[nH]n1. The second kappa shape index (κ2) is 7.87. The molecule has 0 atom stereocenters. The number of pyridine rings is 1. The summed E-state index contributed by atoms with van der Waals surface area (Å²) in [6.07, 6.45) is 3.12. The Morgan fingerprint density at radius 1 is 1.28 bits per heavy atom. The number of carbonyl (C=O) groups is 1. The van der Waals surface area contributed by atoms with E-state index in [0.717, 1.165) is 11.3 Å². The van der Waals surface area contributed by atoms with Crippen LogP contribution in [0.5, 0.6) is 5.75 Å². The number of para-hydroxylation sites is 1. The van der Waals surface area contributed by atoms with Crippen LogP contribution in [0.15, 0.2) is 59.8 Å². The van der Waals surface area contributed by atoms with Crippen LogP contribution in [-0.4, -0.2) is 33.9 Å². The van der Waals surface area contributed by atoms with Crippen molar-refractivity contribution in [3.63, 3.8) is 0 Å². The molecule has 2 heterocycles. The molecule has 7 nitrogen and oxygen atoms in total. The fraction of sp³-hybridized carbons (Fsp3) is 0.111. The molecule has 126 valence electrons. The Labute approximate surface area is 144 Å². The maximum Gasteiger partial charge on any atom is 0.289 e. The molecule has 2 aromatic heterocycles. The number of aromatic amines is 1. The van der Waals surface area contributed by atoms with Gasteiger partial charge in [0.2, 0.25) is 0 Å². The lowest BCUT2D eigenvalue weighted by atomic mass is 10.1. The van der Waals surface area contributed by atoms with Crippen LogP contribution >= 0.6 is 0 Å². The molecule has 0 aliphatic rings. The van der Waals surface area contributed by atoms with Gasteiger partial charge in [-0.2, -0.15) is 10.2 Å². The van der Waals surface area contributed by atoms with Crippen LogP contribution in [-0.2, 0) is 0 Å². The van der Waals surface area contributed by atoms with E-state index in [1.807, 2.05) is 43.3 Å². The molecule has 7 heteroatoms. The summed E-state index contributed by atoms with van der Waals surface area (Å²) < 4.78 is 5.59. The highest BCUT2D eigenvalue weighted by atomic mass is 16.5. The van der Waals surface area contributed by atoms with E-state index in [1.54, 1.807) is 18.3 Å². The molecule has 0 saturated heterocycles. The number of carbonyl (C=O) groups excluding carboxylic acids is 1. The van der Waals surface area contributed by atoms with Crippen LogP contribution in [0.3, 0.4) is 0 Å². The van der Waals surface area contributed by atoms with E-state index in [0.29, 0.717) is 23.7 Å². The van der Waals surface area contributed by atoms with Crippen molar-refractivity contribution >= 4 is 12.1 Å². The van der Waals surface area contributed by atoms with Gasteiger partial charge in [0.15, 0.2) is 0 Å². The second-order valence-electron chi connectivity index (χ2n) is 5.05. The summed E-state index contributed by atoms with van der Waals surface area (Å²) in [7, 11) is 0. The van der Waals surface area contributed by atoms with Gasteiger partial charge in [0.05, 0.1) is 24.2 Å². The van der Waals surface area contributed by atoms with E-state index < -0.39 is 0 Å². The van der Waals surface area contributed by atoms with Gasteiger partial charge in [0.1, 0.15) is 11.4 Å². The molecule has 3 aromatic rings. The fourth-order valence-corrected chi connectivity index (χ4v) is 2.21. The molecule has 0 fully saturated rings. The number of hydrogen-bond donors (Lipinski definition) is 2. The monoisotopic (exact) mass is 335 g/mol. The molecule has 1 aromatic carbocycles. The first-order valence-corrected chi connectivity index (χ1v) is 7.80. The molecule has 0 aliphatic carbocycles. The van der Waals surface area contributed by atoms with Crippen molar-refractivity contribution < 1.29 is 9.53 Å². The van der Waals surface area contributed by atoms with E-state index >= 15 is 0 Å². The minimum Gasteiger partial charge on any atom is -0.493 e. The lowest BCUT2D eigenvalue weighted by Gasteiger charge is -2.07. The highest BCUT2D eigenvalue weighted by molar-refractivity contribution is 5.94. The highest BCUT2D eigenvalue weighted by Crippen LogP contribution is 2.28. The number of rotatable bonds is 6. The number of ether oxygens (including phenoxy) is 1. The van der Waals surface area contributed by atoms with E-state index in [4.69, 9.17) is 4.74 Å². The van der Waals surface area contributed by atoms with Gasteiger partial charge < -0.3 is 4.74 Å². The highest BCUT2D eigenvalue weighted by Gasteiger charge is 2.13. The molecular weight excluding hydrogens is 318 g/mol. The van der Waals surface area contributed by atoms with Crippen molar-refractivity contribution in [2.24, 2.45) is 5.10 Å². The van der Waals surface area contributed by atoms with Gasteiger partial charge in [-0.25, -0.2) is 5.43 Å². The average Bonchev–Trinajstić information content (AvgIpc) is 3.13. The standard InChI is InChI=1S/C18H17N5O2/c1-2-25-17-9-4-3-8-14(17)15-11-16(22-21-15)18(24)23-20-12-13-7-5-6-10-19-13/h3-12H,2H2,1H3,(H,21,22)(H,23,24)/b20-12+. The molecule has 0 saturated carbocycles. The van der Waals surface area contributed by atoms with Crippen molar-refractivity contribution in [3.8, 4) is 17.0 Å². The van der Waals surface area contributed by atoms with Crippen molar-refractivity contribution in [3.05, 3.63) is 66.1 Å². The first kappa shape index (κ1) is 16.4. The summed E-state index contributed by atoms with van der Waals surface area (Å²) in [4.78, 5) is 16.2. The quantitative estimate of drug-likeness (QED) is 0.535. The second-order valence-corrected chi connectivity index (χ2v) is 5.05. The van der Waals surface area contributed by atoms with Gasteiger partial charge in [-0.15, -0.1) is 0 Å². The lowest BCUT2D eigenvalue weighted by Crippen LogP contribution is -2.18. The zero-order valence-electron chi connectivity index (χ0n) is 13.6. The van der Waals surface area contributed by atoms with Crippen LogP contribution in [0.4, 0.5) is 0 Å². The largest absolute Gasteiger partial charge is 0.493 e. The first-order chi connectivity index (χ1) is 12.3. The van der Waals surface area contributed by atoms with Gasteiger partial charge in [-0.3, -0.25) is 14.9 Å². The molecule has 0 spiro atoms. The van der Waals surface area contributed by atoms with Crippen molar-refractivity contribution in [2.75, 3.05) is 6.61 Å². The number of hydrazone groups is 1. The molecule has 2 N–H and O–H groups in total. The summed E-state index contributed by atoms with van der Waals surface area (Å²) >= 11 is 0. The molecule has 3 rings (SSSR count). The van der Waals surface area contributed by atoms with E-state index in [1.165, 1.54) is 6.21 Å². The third-order valence-electron chi connectivity index (χ3n) is 3.34. The smallest absolute Gasteiger partial charge is 0.289 e. The Morgan fingerprint density at radius 3 is 2.92 bits per heavy atom. The van der Waals surface area contributed by atoms with Crippen LogP contribution in [0, 0.1) is 0 Å². The lowest BCUT2D eigenvalue weighted by molar-refractivity contribution is 0.0950. The Hall–Kier alpha value is -3.48. The number of nitrogens with zero attached hydrogens (tertiary/aromatic N) is 3. The molecule has 0 bridgehead atoms. The minimum absolute atomic E-state index is 0.305. The number of H-pyrrole nitrogens is 1. The Morgan fingerprint density at radius 2 is 2.12 bits per heavy atom. The predicted octanol–water partition coefficient (Wildman–Crippen LogP) is 2.63. The summed E-state index contributed by atoms with van der Waals surface area (Å²) in [6, 6.07) is 14.6. The average molecular weight is 335 g/mol. The number of nitrogens with one attached hydrogen (secondary N) is 2. The zero-order valence-corrected chi connectivity index (χ0v) is 13.6. The van der Waals surface area contributed by atoms with E-state index in [-0.39, 0.29) is 5.91 Å². The predicted molar refractivity (Wildman–Crippen MR) is 94.5 cm³/mol. The number of amides is 1. The third-order valence-corrected chi connectivity index (χ3v) is 3.34. The maximum absolute atomic E-state index is 12.1. The summed E-state index contributed by atoms with van der Waals surface area (Å²) in [5.74, 6) is 0.330.